The molecule has 2 rings (SSSR count). The van der Waals surface area contributed by atoms with Crippen LogP contribution in [0.4, 0.5) is 0 Å². The van der Waals surface area contributed by atoms with Gasteiger partial charge in [-0.2, -0.15) is 5.26 Å². The quantitative estimate of drug-likeness (QED) is 0.913. The molecule has 0 saturated carbocycles. The van der Waals surface area contributed by atoms with Crippen LogP contribution in [0.2, 0.25) is 0 Å². The molecule has 4 heteroatoms. The zero-order chi connectivity index (χ0) is 13.9. The summed E-state index contributed by atoms with van der Waals surface area (Å²) in [6.45, 7) is 3.58. The van der Waals surface area contributed by atoms with E-state index in [-0.39, 0.29) is 5.91 Å². The maximum absolute atomic E-state index is 11.9. The molecule has 0 radical (unpaired) electrons. The second-order valence-corrected chi connectivity index (χ2v) is 4.91. The summed E-state index contributed by atoms with van der Waals surface area (Å²) in [5.74, 6) is -0.275. The van der Waals surface area contributed by atoms with Crippen LogP contribution in [0.5, 0.6) is 0 Å². The fourth-order valence-corrected chi connectivity index (χ4v) is 1.76. The van der Waals surface area contributed by atoms with Crippen molar-refractivity contribution in [2.45, 2.75) is 20.4 Å². The second kappa shape index (κ2) is 5.07. The number of para-hydroxylation sites is 1. The van der Waals surface area contributed by atoms with Crippen molar-refractivity contribution in [3.05, 3.63) is 42.1 Å². The van der Waals surface area contributed by atoms with E-state index in [1.807, 2.05) is 36.4 Å². The lowest BCUT2D eigenvalue weighted by molar-refractivity contribution is -0.126. The molecular weight excluding hydrogens is 238 g/mol. The highest BCUT2D eigenvalue weighted by Crippen LogP contribution is 2.17. The van der Waals surface area contributed by atoms with E-state index in [1.165, 1.54) is 0 Å². The molecule has 4 nitrogen and oxygen atoms in total. The summed E-state index contributed by atoms with van der Waals surface area (Å²) in [6.07, 6.45) is 1.73. The average Bonchev–Trinajstić information content (AvgIpc) is 2.44. The number of rotatable bonds is 3. The van der Waals surface area contributed by atoms with E-state index in [9.17, 15) is 4.79 Å². The Labute approximate surface area is 112 Å². The Morgan fingerprint density at radius 3 is 2.84 bits per heavy atom. The minimum absolute atomic E-state index is 0.275. The van der Waals surface area contributed by atoms with Crippen molar-refractivity contribution in [2.75, 3.05) is 0 Å². The molecule has 1 aromatic carbocycles. The maximum atomic E-state index is 11.9. The van der Waals surface area contributed by atoms with Crippen molar-refractivity contribution in [3.63, 3.8) is 0 Å². The van der Waals surface area contributed by atoms with Gasteiger partial charge in [-0.15, -0.1) is 0 Å². The molecule has 96 valence electrons. The predicted molar refractivity (Wildman–Crippen MR) is 73.0 cm³/mol. The summed E-state index contributed by atoms with van der Waals surface area (Å²) in [6, 6.07) is 11.7. The topological polar surface area (TPSA) is 65.8 Å². The van der Waals surface area contributed by atoms with Crippen LogP contribution in [0.25, 0.3) is 10.9 Å². The monoisotopic (exact) mass is 253 g/mol. The lowest BCUT2D eigenvalue weighted by Crippen LogP contribution is -2.35. The van der Waals surface area contributed by atoms with Crippen molar-refractivity contribution < 1.29 is 4.79 Å². The first kappa shape index (κ1) is 13.0. The van der Waals surface area contributed by atoms with Gasteiger partial charge in [0.15, 0.2) is 0 Å². The molecule has 0 saturated heterocycles. The average molecular weight is 253 g/mol. The summed E-state index contributed by atoms with van der Waals surface area (Å²) in [5.41, 5.74) is 0.804. The number of carbonyl (C=O) groups is 1. The Morgan fingerprint density at radius 2 is 2.11 bits per heavy atom. The molecule has 1 N–H and O–H groups in total. The maximum Gasteiger partial charge on any atom is 0.240 e. The number of nitrogens with zero attached hydrogens (tertiary/aromatic N) is 2. The van der Waals surface area contributed by atoms with E-state index in [2.05, 4.69) is 10.3 Å². The van der Waals surface area contributed by atoms with Crippen LogP contribution in [0.1, 0.15) is 19.4 Å². The van der Waals surface area contributed by atoms with Crippen molar-refractivity contribution in [1.29, 1.82) is 5.26 Å². The number of carbonyl (C=O) groups excluding carboxylic acids is 1. The Morgan fingerprint density at radius 1 is 1.37 bits per heavy atom. The number of hydrogen-bond acceptors (Lipinski definition) is 3. The SMILES string of the molecule is CC(C)(C#N)C(=O)NCc1cccc2cccnc12. The highest BCUT2D eigenvalue weighted by Gasteiger charge is 2.26. The molecular formula is C15H15N3O. The van der Waals surface area contributed by atoms with Crippen molar-refractivity contribution in [2.24, 2.45) is 5.41 Å². The normalized spacial score (nSPS) is 11.0. The molecule has 19 heavy (non-hydrogen) atoms. The van der Waals surface area contributed by atoms with Crippen LogP contribution in [-0.2, 0) is 11.3 Å². The van der Waals surface area contributed by atoms with Crippen LogP contribution in [0.3, 0.4) is 0 Å². The Hall–Kier alpha value is -2.41. The molecule has 0 aliphatic carbocycles. The fourth-order valence-electron chi connectivity index (χ4n) is 1.76. The summed E-state index contributed by atoms with van der Waals surface area (Å²) >= 11 is 0. The van der Waals surface area contributed by atoms with Crippen LogP contribution in [0, 0.1) is 16.7 Å². The van der Waals surface area contributed by atoms with E-state index < -0.39 is 5.41 Å². The van der Waals surface area contributed by atoms with E-state index in [0.717, 1.165) is 16.5 Å². The smallest absolute Gasteiger partial charge is 0.240 e. The minimum atomic E-state index is -1.02. The number of pyridine rings is 1. The third kappa shape index (κ3) is 2.71. The molecule has 0 unspecified atom stereocenters. The second-order valence-electron chi connectivity index (χ2n) is 4.91. The van der Waals surface area contributed by atoms with Crippen molar-refractivity contribution in [3.8, 4) is 6.07 Å². The third-order valence-electron chi connectivity index (χ3n) is 3.00. The summed E-state index contributed by atoms with van der Waals surface area (Å²) < 4.78 is 0. The number of amides is 1. The van der Waals surface area contributed by atoms with Crippen LogP contribution >= 0.6 is 0 Å². The zero-order valence-electron chi connectivity index (χ0n) is 11.0. The number of nitriles is 1. The van der Waals surface area contributed by atoms with Crippen LogP contribution in [-0.4, -0.2) is 10.9 Å². The van der Waals surface area contributed by atoms with Crippen LogP contribution in [0.15, 0.2) is 36.5 Å². The molecule has 1 heterocycles. The number of hydrogen-bond donors (Lipinski definition) is 1. The highest BCUT2D eigenvalue weighted by atomic mass is 16.2. The first-order chi connectivity index (χ1) is 9.04. The Bertz CT molecular complexity index is 650. The molecule has 0 spiro atoms. The highest BCUT2D eigenvalue weighted by molar-refractivity contribution is 5.85. The van der Waals surface area contributed by atoms with Gasteiger partial charge >= 0.3 is 0 Å². The van der Waals surface area contributed by atoms with Gasteiger partial charge < -0.3 is 5.32 Å². The number of benzene rings is 1. The first-order valence-electron chi connectivity index (χ1n) is 6.07. The summed E-state index contributed by atoms with van der Waals surface area (Å²) in [4.78, 5) is 16.2. The van der Waals surface area contributed by atoms with Gasteiger partial charge in [-0.3, -0.25) is 9.78 Å². The molecule has 0 aliphatic rings. The number of fused-ring (bicyclic) bond motifs is 1. The van der Waals surface area contributed by atoms with Crippen molar-refractivity contribution in [1.82, 2.24) is 10.3 Å². The van der Waals surface area contributed by atoms with E-state index in [4.69, 9.17) is 5.26 Å². The van der Waals surface area contributed by atoms with Gasteiger partial charge in [-0.05, 0) is 25.5 Å². The molecule has 1 aromatic heterocycles. The van der Waals surface area contributed by atoms with Gasteiger partial charge in [0.25, 0.3) is 0 Å². The Balaban J connectivity index is 2.20. The predicted octanol–water partition coefficient (Wildman–Crippen LogP) is 2.40. The Kier molecular flexibility index (Phi) is 3.48. The molecule has 2 aromatic rings. The number of nitrogens with one attached hydrogen (secondary N) is 1. The van der Waals surface area contributed by atoms with Gasteiger partial charge in [0.2, 0.25) is 5.91 Å². The van der Waals surface area contributed by atoms with E-state index >= 15 is 0 Å². The molecule has 0 bridgehead atoms. The molecule has 0 aliphatic heterocycles. The van der Waals surface area contributed by atoms with E-state index in [1.54, 1.807) is 20.0 Å². The summed E-state index contributed by atoms with van der Waals surface area (Å²) in [5, 5.41) is 12.7. The fraction of sp³-hybridized carbons (Fsp3) is 0.267. The van der Waals surface area contributed by atoms with Gasteiger partial charge in [0.05, 0.1) is 11.6 Å². The van der Waals surface area contributed by atoms with E-state index in [0.29, 0.717) is 6.54 Å². The van der Waals surface area contributed by atoms with Gasteiger partial charge in [0.1, 0.15) is 5.41 Å². The third-order valence-corrected chi connectivity index (χ3v) is 3.00. The van der Waals surface area contributed by atoms with Gasteiger partial charge in [0, 0.05) is 18.1 Å². The standard InChI is InChI=1S/C15H15N3O/c1-15(2,10-16)14(19)18-9-12-6-3-5-11-7-4-8-17-13(11)12/h3-8H,9H2,1-2H3,(H,18,19). The molecule has 0 fully saturated rings. The van der Waals surface area contributed by atoms with Crippen LogP contribution < -0.4 is 5.32 Å². The zero-order valence-corrected chi connectivity index (χ0v) is 11.0. The summed E-state index contributed by atoms with van der Waals surface area (Å²) in [7, 11) is 0. The largest absolute Gasteiger partial charge is 0.351 e. The minimum Gasteiger partial charge on any atom is -0.351 e. The first-order valence-corrected chi connectivity index (χ1v) is 6.07. The molecule has 1 amide bonds. The molecule has 0 atom stereocenters. The lowest BCUT2D eigenvalue weighted by Gasteiger charge is -2.15. The van der Waals surface area contributed by atoms with Gasteiger partial charge in [-0.25, -0.2) is 0 Å². The number of aromatic nitrogens is 1. The lowest BCUT2D eigenvalue weighted by atomic mass is 9.94. The van der Waals surface area contributed by atoms with Crippen molar-refractivity contribution >= 4 is 16.8 Å². The van der Waals surface area contributed by atoms with Gasteiger partial charge in [-0.1, -0.05) is 24.3 Å².